The van der Waals surface area contributed by atoms with Crippen molar-refractivity contribution >= 4 is 21.7 Å². The van der Waals surface area contributed by atoms with Gasteiger partial charge >= 0.3 is 5.97 Å². The number of benzene rings is 4. The molecule has 10 heteroatoms. The minimum atomic E-state index is -3.58. The van der Waals surface area contributed by atoms with Gasteiger partial charge < -0.3 is 25.4 Å². The fourth-order valence-corrected chi connectivity index (χ4v) is 4.83. The van der Waals surface area contributed by atoms with E-state index in [1.54, 1.807) is 24.3 Å². The van der Waals surface area contributed by atoms with Crippen LogP contribution in [0.25, 0.3) is 0 Å². The van der Waals surface area contributed by atoms with Gasteiger partial charge in [0.05, 0.1) is 10.5 Å². The summed E-state index contributed by atoms with van der Waals surface area (Å²) in [5, 5.41) is 24.5. The molecule has 2 heterocycles. The number of hydrogen-bond acceptors (Lipinski definition) is 8. The minimum absolute atomic E-state index is 0.0371. The molecule has 182 valence electrons. The van der Waals surface area contributed by atoms with Crippen LogP contribution in [0.4, 0.5) is 5.69 Å². The van der Waals surface area contributed by atoms with E-state index in [2.05, 4.69) is 0 Å². The van der Waals surface area contributed by atoms with Gasteiger partial charge in [0.2, 0.25) is 10.0 Å². The zero-order chi connectivity index (χ0) is 25.7. The van der Waals surface area contributed by atoms with Crippen molar-refractivity contribution in [1.82, 2.24) is 0 Å². The minimum Gasteiger partial charge on any atom is -0.508 e. The SMILES string of the molecule is Nc1ccc(S(N)(=O)=O)cc1.O=C1OC2(c3ccc(O)cc3Oc3cc(O)ccc32)c2ccccc21. The summed E-state index contributed by atoms with van der Waals surface area (Å²) in [5.74, 6) is 0.408. The number of phenolic OH excluding ortho intramolecular Hbond substituents is 2. The van der Waals surface area contributed by atoms with Crippen molar-refractivity contribution in [1.29, 1.82) is 0 Å². The highest BCUT2D eigenvalue weighted by Gasteiger charge is 2.53. The number of phenols is 2. The zero-order valence-corrected chi connectivity index (χ0v) is 19.4. The number of primary sulfonamides is 1. The summed E-state index contributed by atoms with van der Waals surface area (Å²) < 4.78 is 33.1. The average molecular weight is 505 g/mol. The van der Waals surface area contributed by atoms with Gasteiger partial charge in [-0.25, -0.2) is 18.4 Å². The normalized spacial score (nSPS) is 14.4. The lowest BCUT2D eigenvalue weighted by Crippen LogP contribution is -2.32. The lowest BCUT2D eigenvalue weighted by molar-refractivity contribution is 0.0224. The molecule has 0 bridgehead atoms. The van der Waals surface area contributed by atoms with E-state index in [1.165, 1.54) is 48.5 Å². The van der Waals surface area contributed by atoms with Gasteiger partial charge in [-0.2, -0.15) is 0 Å². The van der Waals surface area contributed by atoms with Gasteiger partial charge in [-0.1, -0.05) is 18.2 Å². The van der Waals surface area contributed by atoms with Crippen molar-refractivity contribution in [2.75, 3.05) is 5.73 Å². The lowest BCUT2D eigenvalue weighted by Gasteiger charge is -2.36. The summed E-state index contributed by atoms with van der Waals surface area (Å²) in [5.41, 5.74) is 7.13. The second-order valence-corrected chi connectivity index (χ2v) is 9.75. The molecular formula is C26H20N2O7S. The summed E-state index contributed by atoms with van der Waals surface area (Å²) in [7, 11) is -3.58. The van der Waals surface area contributed by atoms with Gasteiger partial charge in [0.15, 0.2) is 5.60 Å². The van der Waals surface area contributed by atoms with Crippen LogP contribution in [-0.4, -0.2) is 24.6 Å². The highest BCUT2D eigenvalue weighted by atomic mass is 32.2. The van der Waals surface area contributed by atoms with E-state index in [-0.39, 0.29) is 16.4 Å². The van der Waals surface area contributed by atoms with E-state index in [0.29, 0.717) is 39.4 Å². The van der Waals surface area contributed by atoms with Crippen LogP contribution in [0.1, 0.15) is 27.0 Å². The third-order valence-corrected chi connectivity index (χ3v) is 6.82. The van der Waals surface area contributed by atoms with Crippen molar-refractivity contribution < 1.29 is 32.9 Å². The number of ether oxygens (including phenoxy) is 2. The predicted molar refractivity (Wildman–Crippen MR) is 130 cm³/mol. The molecule has 6 N–H and O–H groups in total. The third kappa shape index (κ3) is 3.78. The van der Waals surface area contributed by atoms with Gasteiger partial charge in [0.25, 0.3) is 0 Å². The van der Waals surface area contributed by atoms with E-state index in [0.717, 1.165) is 0 Å². The van der Waals surface area contributed by atoms with Crippen LogP contribution in [0.2, 0.25) is 0 Å². The Morgan fingerprint density at radius 3 is 1.86 bits per heavy atom. The summed E-state index contributed by atoms with van der Waals surface area (Å²) in [6.45, 7) is 0. The smallest absolute Gasteiger partial charge is 0.340 e. The van der Waals surface area contributed by atoms with Gasteiger partial charge in [0.1, 0.15) is 23.0 Å². The van der Waals surface area contributed by atoms with Crippen LogP contribution >= 0.6 is 0 Å². The molecule has 4 aromatic rings. The number of nitrogen functional groups attached to an aromatic ring is 1. The number of aromatic hydroxyl groups is 2. The molecule has 1 spiro atoms. The Kier molecular flexibility index (Phi) is 5.35. The number of nitrogens with two attached hydrogens (primary N) is 2. The molecular weight excluding hydrogens is 484 g/mol. The first-order valence-electron chi connectivity index (χ1n) is 10.7. The Bertz CT molecular complexity index is 1560. The third-order valence-electron chi connectivity index (χ3n) is 5.89. The first kappa shape index (κ1) is 23.2. The molecule has 2 aliphatic heterocycles. The van der Waals surface area contributed by atoms with E-state index in [1.807, 2.05) is 12.1 Å². The van der Waals surface area contributed by atoms with E-state index >= 15 is 0 Å². The number of hydrogen-bond donors (Lipinski definition) is 4. The number of carbonyl (C=O) groups excluding carboxylic acids is 1. The molecule has 0 aromatic heterocycles. The van der Waals surface area contributed by atoms with Gasteiger partial charge in [-0.3, -0.25) is 0 Å². The molecule has 9 nitrogen and oxygen atoms in total. The zero-order valence-electron chi connectivity index (χ0n) is 18.6. The van der Waals surface area contributed by atoms with E-state index < -0.39 is 21.6 Å². The predicted octanol–water partition coefficient (Wildman–Crippen LogP) is 3.58. The van der Waals surface area contributed by atoms with Crippen molar-refractivity contribution in [2.45, 2.75) is 10.5 Å². The fourth-order valence-electron chi connectivity index (χ4n) is 4.31. The average Bonchev–Trinajstić information content (AvgIpc) is 3.12. The standard InChI is InChI=1S/C20H12O5.C6H8N2O2S/c21-11-5-7-15-17(9-11)24-18-10-12(22)6-8-16(18)20(15)14-4-2-1-3-13(14)19(23)25-20;7-5-1-3-6(4-2-5)11(8,9)10/h1-10,21-22H;1-4H,7H2,(H2,8,9,10). The number of rotatable bonds is 1. The van der Waals surface area contributed by atoms with Crippen molar-refractivity contribution in [3.05, 3.63) is 107 Å². The van der Waals surface area contributed by atoms with Crippen molar-refractivity contribution in [3.63, 3.8) is 0 Å². The van der Waals surface area contributed by atoms with Crippen LogP contribution < -0.4 is 15.6 Å². The molecule has 0 unspecified atom stereocenters. The van der Waals surface area contributed by atoms with Crippen LogP contribution in [0, 0.1) is 0 Å². The Hall–Kier alpha value is -4.54. The van der Waals surface area contributed by atoms with Crippen LogP contribution in [0.5, 0.6) is 23.0 Å². The maximum absolute atomic E-state index is 12.5. The van der Waals surface area contributed by atoms with E-state index in [9.17, 15) is 23.4 Å². The summed E-state index contributed by atoms with van der Waals surface area (Å²) >= 11 is 0. The number of carbonyl (C=O) groups is 1. The maximum atomic E-state index is 12.5. The van der Waals surface area contributed by atoms with Gasteiger partial charge in [-0.15, -0.1) is 0 Å². The van der Waals surface area contributed by atoms with Gasteiger partial charge in [-0.05, 0) is 54.6 Å². The Labute approximate surface area is 206 Å². The van der Waals surface area contributed by atoms with Crippen molar-refractivity contribution in [2.24, 2.45) is 5.14 Å². The van der Waals surface area contributed by atoms with E-state index in [4.69, 9.17) is 20.3 Å². The topological polar surface area (TPSA) is 162 Å². The molecule has 0 aliphatic carbocycles. The highest BCUT2D eigenvalue weighted by molar-refractivity contribution is 7.89. The molecule has 0 atom stereocenters. The summed E-state index contributed by atoms with van der Waals surface area (Å²) in [6.07, 6.45) is 0. The quantitative estimate of drug-likeness (QED) is 0.226. The molecule has 0 radical (unpaired) electrons. The van der Waals surface area contributed by atoms with Crippen LogP contribution in [-0.2, 0) is 20.4 Å². The lowest BCUT2D eigenvalue weighted by atomic mass is 9.77. The Balaban J connectivity index is 0.000000205. The van der Waals surface area contributed by atoms with Crippen LogP contribution in [0.3, 0.4) is 0 Å². The van der Waals surface area contributed by atoms with Gasteiger partial charge in [0, 0.05) is 34.5 Å². The number of esters is 1. The number of sulfonamides is 1. The molecule has 36 heavy (non-hydrogen) atoms. The van der Waals surface area contributed by atoms with Crippen LogP contribution in [0.15, 0.2) is 89.8 Å². The molecule has 6 rings (SSSR count). The molecule has 2 aliphatic rings. The summed E-state index contributed by atoms with van der Waals surface area (Å²) in [6, 6.07) is 22.3. The molecule has 4 aromatic carbocycles. The first-order chi connectivity index (χ1) is 17.1. The highest BCUT2D eigenvalue weighted by Crippen LogP contribution is 2.56. The Morgan fingerprint density at radius 2 is 1.31 bits per heavy atom. The summed E-state index contributed by atoms with van der Waals surface area (Å²) in [4.78, 5) is 12.6. The fraction of sp³-hybridized carbons (Fsp3) is 0.0385. The van der Waals surface area contributed by atoms with Crippen molar-refractivity contribution in [3.8, 4) is 23.0 Å². The number of fused-ring (bicyclic) bond motifs is 6. The first-order valence-corrected chi connectivity index (χ1v) is 12.2. The molecule has 0 fully saturated rings. The molecule has 0 amide bonds. The molecule has 0 saturated carbocycles. The second kappa shape index (κ2) is 8.29. The largest absolute Gasteiger partial charge is 0.508 e. The Morgan fingerprint density at radius 1 is 0.750 bits per heavy atom. The second-order valence-electron chi connectivity index (χ2n) is 8.19. The monoisotopic (exact) mass is 504 g/mol. The number of anilines is 1. The molecule has 0 saturated heterocycles. The maximum Gasteiger partial charge on any atom is 0.340 e.